The lowest BCUT2D eigenvalue weighted by molar-refractivity contribution is -0.168. The van der Waals surface area contributed by atoms with Gasteiger partial charge in [0.1, 0.15) is 0 Å². The van der Waals surface area contributed by atoms with E-state index in [1.807, 2.05) is 12.1 Å². The number of aryl methyl sites for hydroxylation is 1. The van der Waals surface area contributed by atoms with Gasteiger partial charge in [-0.25, -0.2) is 0 Å². The molecule has 0 bridgehead atoms. The summed E-state index contributed by atoms with van der Waals surface area (Å²) in [4.78, 5) is 26.2. The van der Waals surface area contributed by atoms with Crippen molar-refractivity contribution in [2.24, 2.45) is 11.3 Å². The minimum atomic E-state index is -1.77. The molecule has 0 saturated carbocycles. The van der Waals surface area contributed by atoms with E-state index in [0.29, 0.717) is 24.3 Å². The summed E-state index contributed by atoms with van der Waals surface area (Å²) < 4.78 is 0. The lowest BCUT2D eigenvalue weighted by Crippen LogP contribution is -2.45. The maximum atomic E-state index is 11.5. The predicted molar refractivity (Wildman–Crippen MR) is 82.2 cm³/mol. The van der Waals surface area contributed by atoms with Crippen molar-refractivity contribution in [2.75, 3.05) is 0 Å². The number of nitrogens with one attached hydrogen (secondary N) is 1. The summed E-state index contributed by atoms with van der Waals surface area (Å²) >= 11 is 6.03. The molecule has 116 valence electrons. The molecule has 3 rings (SSSR count). The van der Waals surface area contributed by atoms with Crippen LogP contribution in [0.2, 0.25) is 5.02 Å². The van der Waals surface area contributed by atoms with Crippen molar-refractivity contribution in [3.8, 4) is 0 Å². The molecule has 22 heavy (non-hydrogen) atoms. The maximum absolute atomic E-state index is 11.5. The first-order valence-corrected chi connectivity index (χ1v) is 7.47. The number of carbonyl (C=O) groups is 2. The average molecular weight is 322 g/mol. The van der Waals surface area contributed by atoms with Gasteiger partial charge in [0.25, 0.3) is 0 Å². The van der Waals surface area contributed by atoms with Crippen LogP contribution in [0, 0.1) is 11.3 Å². The molecule has 1 aliphatic carbocycles. The number of fused-ring (bicyclic) bond motifs is 3. The molecule has 3 N–H and O–H groups in total. The number of benzene rings is 1. The van der Waals surface area contributed by atoms with Gasteiger partial charge in [-0.05, 0) is 55.9 Å². The van der Waals surface area contributed by atoms with Crippen LogP contribution in [-0.2, 0) is 22.4 Å². The maximum Gasteiger partial charge on any atom is 0.321 e. The fourth-order valence-electron chi connectivity index (χ4n) is 3.34. The largest absolute Gasteiger partial charge is 0.480 e. The number of carboxylic acids is 2. The molecule has 0 saturated heterocycles. The van der Waals surface area contributed by atoms with Gasteiger partial charge in [-0.2, -0.15) is 0 Å². The summed E-state index contributed by atoms with van der Waals surface area (Å²) in [6.45, 7) is 1.30. The van der Waals surface area contributed by atoms with E-state index in [-0.39, 0.29) is 0 Å². The van der Waals surface area contributed by atoms with Gasteiger partial charge >= 0.3 is 11.9 Å². The van der Waals surface area contributed by atoms with E-state index in [1.165, 1.54) is 6.92 Å². The number of H-pyrrole nitrogens is 1. The zero-order valence-electron chi connectivity index (χ0n) is 12.0. The molecule has 1 heterocycles. The van der Waals surface area contributed by atoms with Crippen LogP contribution in [0.3, 0.4) is 0 Å². The minimum absolute atomic E-state index is 0.413. The fourth-order valence-corrected chi connectivity index (χ4v) is 3.51. The van der Waals surface area contributed by atoms with Gasteiger partial charge in [0.2, 0.25) is 0 Å². The second kappa shape index (κ2) is 5.02. The van der Waals surface area contributed by atoms with Crippen molar-refractivity contribution in [1.82, 2.24) is 4.98 Å². The Morgan fingerprint density at radius 3 is 2.64 bits per heavy atom. The van der Waals surface area contributed by atoms with E-state index in [9.17, 15) is 19.8 Å². The third-order valence-corrected chi connectivity index (χ3v) is 5.09. The van der Waals surface area contributed by atoms with Gasteiger partial charge in [-0.3, -0.25) is 9.59 Å². The number of carboxylic acid groups (broad SMARTS) is 2. The summed E-state index contributed by atoms with van der Waals surface area (Å²) in [6.07, 6.45) is 1.59. The molecule has 2 aromatic rings. The highest BCUT2D eigenvalue weighted by molar-refractivity contribution is 6.31. The molecule has 0 aliphatic heterocycles. The molecule has 1 unspecified atom stereocenters. The topological polar surface area (TPSA) is 90.4 Å². The number of aromatic nitrogens is 1. The fraction of sp³-hybridized carbons (Fsp3) is 0.375. The van der Waals surface area contributed by atoms with Crippen LogP contribution in [0.1, 0.15) is 24.6 Å². The zero-order valence-corrected chi connectivity index (χ0v) is 12.8. The Balaban J connectivity index is 2.02. The molecule has 0 radical (unpaired) electrons. The van der Waals surface area contributed by atoms with Crippen molar-refractivity contribution >= 4 is 34.4 Å². The monoisotopic (exact) mass is 321 g/mol. The minimum Gasteiger partial charge on any atom is -0.480 e. The van der Waals surface area contributed by atoms with Crippen LogP contribution in [0.15, 0.2) is 18.2 Å². The summed E-state index contributed by atoms with van der Waals surface area (Å²) in [5, 5.41) is 20.4. The average Bonchev–Trinajstić information content (AvgIpc) is 2.82. The smallest absolute Gasteiger partial charge is 0.321 e. The molecule has 1 aromatic heterocycles. The van der Waals surface area contributed by atoms with Crippen molar-refractivity contribution in [2.45, 2.75) is 26.2 Å². The predicted octanol–water partition coefficient (Wildman–Crippen LogP) is 3.10. The van der Waals surface area contributed by atoms with Crippen LogP contribution in [-0.4, -0.2) is 27.1 Å². The van der Waals surface area contributed by atoms with E-state index in [2.05, 4.69) is 4.98 Å². The highest BCUT2D eigenvalue weighted by atomic mass is 35.5. The third kappa shape index (κ3) is 2.08. The van der Waals surface area contributed by atoms with E-state index in [4.69, 9.17) is 11.6 Å². The van der Waals surface area contributed by atoms with Crippen LogP contribution in [0.25, 0.3) is 10.9 Å². The lowest BCUT2D eigenvalue weighted by atomic mass is 9.69. The number of aliphatic carboxylic acids is 2. The van der Waals surface area contributed by atoms with Gasteiger partial charge in [0.05, 0.1) is 0 Å². The Morgan fingerprint density at radius 2 is 2.00 bits per heavy atom. The van der Waals surface area contributed by atoms with Gasteiger partial charge in [-0.15, -0.1) is 0 Å². The molecule has 0 amide bonds. The Hall–Kier alpha value is -2.01. The van der Waals surface area contributed by atoms with Gasteiger partial charge in [0.15, 0.2) is 5.41 Å². The Labute approximate surface area is 131 Å². The summed E-state index contributed by atoms with van der Waals surface area (Å²) in [7, 11) is 0. The highest BCUT2D eigenvalue weighted by Gasteiger charge is 2.49. The summed E-state index contributed by atoms with van der Waals surface area (Å²) in [5.41, 5.74) is 1.21. The first-order chi connectivity index (χ1) is 10.3. The SMILES string of the molecule is CC(C(=O)O)(C(=O)O)C1CCc2c([nH]c3ccc(Cl)cc23)C1. The number of aromatic amines is 1. The van der Waals surface area contributed by atoms with E-state index in [1.54, 1.807) is 6.07 Å². The molecule has 1 aromatic carbocycles. The van der Waals surface area contributed by atoms with Gasteiger partial charge in [0, 0.05) is 21.6 Å². The molecular formula is C16H16ClNO4. The summed E-state index contributed by atoms with van der Waals surface area (Å²) in [6, 6.07) is 5.57. The van der Waals surface area contributed by atoms with Crippen molar-refractivity contribution < 1.29 is 19.8 Å². The second-order valence-corrected chi connectivity index (χ2v) is 6.46. The molecule has 6 heteroatoms. The standard InChI is InChI=1S/C16H16ClNO4/c1-16(14(19)20,15(21)22)8-2-4-10-11-7-9(17)3-5-12(11)18-13(10)6-8/h3,5,7-8,18H,2,4,6H2,1H3,(H,19,20)(H,21,22). The number of hydrogen-bond acceptors (Lipinski definition) is 2. The number of halogens is 1. The zero-order chi connectivity index (χ0) is 16.1. The van der Waals surface area contributed by atoms with E-state index in [0.717, 1.165) is 22.2 Å². The summed E-state index contributed by atoms with van der Waals surface area (Å²) in [5.74, 6) is -3.02. The first kappa shape index (κ1) is 14.9. The second-order valence-electron chi connectivity index (χ2n) is 6.02. The molecule has 0 fully saturated rings. The molecule has 1 aliphatic rings. The lowest BCUT2D eigenvalue weighted by Gasteiger charge is -2.33. The van der Waals surface area contributed by atoms with Gasteiger partial charge < -0.3 is 15.2 Å². The van der Waals surface area contributed by atoms with E-state index < -0.39 is 23.3 Å². The van der Waals surface area contributed by atoms with E-state index >= 15 is 0 Å². The normalized spacial score (nSPS) is 18.2. The number of hydrogen-bond donors (Lipinski definition) is 3. The molecular weight excluding hydrogens is 306 g/mol. The molecule has 1 atom stereocenters. The van der Waals surface area contributed by atoms with Crippen molar-refractivity contribution in [1.29, 1.82) is 0 Å². The quantitative estimate of drug-likeness (QED) is 0.758. The highest BCUT2D eigenvalue weighted by Crippen LogP contribution is 2.40. The van der Waals surface area contributed by atoms with Crippen LogP contribution in [0.4, 0.5) is 0 Å². The van der Waals surface area contributed by atoms with Crippen LogP contribution >= 0.6 is 11.6 Å². The molecule has 5 nitrogen and oxygen atoms in total. The Morgan fingerprint density at radius 1 is 1.32 bits per heavy atom. The Kier molecular flexibility index (Phi) is 3.40. The van der Waals surface area contributed by atoms with Crippen molar-refractivity contribution in [3.05, 3.63) is 34.5 Å². The number of rotatable bonds is 3. The Bertz CT molecular complexity index is 766. The first-order valence-electron chi connectivity index (χ1n) is 7.09. The van der Waals surface area contributed by atoms with Crippen LogP contribution in [0.5, 0.6) is 0 Å². The molecule has 0 spiro atoms. The third-order valence-electron chi connectivity index (χ3n) is 4.85. The van der Waals surface area contributed by atoms with Crippen LogP contribution < -0.4 is 0 Å². The van der Waals surface area contributed by atoms with Gasteiger partial charge in [-0.1, -0.05) is 11.6 Å². The van der Waals surface area contributed by atoms with Crippen molar-refractivity contribution in [3.63, 3.8) is 0 Å².